The van der Waals surface area contributed by atoms with Crippen molar-refractivity contribution in [3.63, 3.8) is 0 Å². The van der Waals surface area contributed by atoms with E-state index in [1.165, 1.54) is 18.2 Å². The molecular formula is C20H16ClFN2O3. The molecule has 0 fully saturated rings. The third kappa shape index (κ3) is 4.95. The molecule has 0 unspecified atom stereocenters. The molecule has 0 saturated heterocycles. The van der Waals surface area contributed by atoms with Crippen LogP contribution in [0.15, 0.2) is 66.7 Å². The highest BCUT2D eigenvalue weighted by Crippen LogP contribution is 2.27. The molecule has 0 atom stereocenters. The number of nitrogens with zero attached hydrogens (tertiary/aromatic N) is 1. The minimum Gasteiger partial charge on any atom is -0.487 e. The van der Waals surface area contributed by atoms with Crippen molar-refractivity contribution < 1.29 is 14.1 Å². The highest BCUT2D eigenvalue weighted by Gasteiger charge is 2.07. The number of nitrogens with one attached hydrogen (secondary N) is 1. The van der Waals surface area contributed by atoms with Gasteiger partial charge in [-0.15, -0.1) is 0 Å². The van der Waals surface area contributed by atoms with Gasteiger partial charge in [0.1, 0.15) is 18.2 Å². The van der Waals surface area contributed by atoms with E-state index < -0.39 is 4.92 Å². The first kappa shape index (κ1) is 18.7. The second-order valence-corrected chi connectivity index (χ2v) is 6.21. The summed E-state index contributed by atoms with van der Waals surface area (Å²) in [6, 6.07) is 17.9. The number of nitro groups is 1. The molecule has 3 aromatic rings. The van der Waals surface area contributed by atoms with Crippen molar-refractivity contribution in [3.8, 4) is 5.75 Å². The second kappa shape index (κ2) is 8.51. The number of benzene rings is 3. The van der Waals surface area contributed by atoms with Crippen LogP contribution in [0.1, 0.15) is 11.1 Å². The van der Waals surface area contributed by atoms with Crippen LogP contribution in [0.5, 0.6) is 5.75 Å². The summed E-state index contributed by atoms with van der Waals surface area (Å²) in [7, 11) is 0. The van der Waals surface area contributed by atoms with Gasteiger partial charge in [0.05, 0.1) is 9.95 Å². The van der Waals surface area contributed by atoms with E-state index in [2.05, 4.69) is 5.32 Å². The van der Waals surface area contributed by atoms with E-state index in [0.717, 1.165) is 11.3 Å². The number of ether oxygens (including phenoxy) is 1. The highest BCUT2D eigenvalue weighted by molar-refractivity contribution is 6.32. The van der Waals surface area contributed by atoms with E-state index in [-0.39, 0.29) is 18.1 Å². The minimum atomic E-state index is -0.441. The molecule has 0 aliphatic carbocycles. The molecule has 0 amide bonds. The van der Waals surface area contributed by atoms with E-state index in [1.54, 1.807) is 42.5 Å². The summed E-state index contributed by atoms with van der Waals surface area (Å²) >= 11 is 6.25. The number of rotatable bonds is 7. The molecule has 7 heteroatoms. The summed E-state index contributed by atoms with van der Waals surface area (Å²) in [5.41, 5.74) is 2.17. The van der Waals surface area contributed by atoms with Crippen LogP contribution in [0.25, 0.3) is 0 Å². The fourth-order valence-corrected chi connectivity index (χ4v) is 2.71. The molecule has 5 nitrogen and oxygen atoms in total. The van der Waals surface area contributed by atoms with Gasteiger partial charge in [-0.1, -0.05) is 35.9 Å². The van der Waals surface area contributed by atoms with E-state index in [1.807, 2.05) is 6.07 Å². The Morgan fingerprint density at radius 2 is 1.81 bits per heavy atom. The first-order chi connectivity index (χ1) is 13.0. The Kier molecular flexibility index (Phi) is 5.88. The number of halogens is 2. The van der Waals surface area contributed by atoms with Crippen LogP contribution >= 0.6 is 11.6 Å². The van der Waals surface area contributed by atoms with Gasteiger partial charge in [-0.05, 0) is 35.9 Å². The van der Waals surface area contributed by atoms with Gasteiger partial charge in [0, 0.05) is 29.9 Å². The maximum atomic E-state index is 13.6. The number of anilines is 1. The van der Waals surface area contributed by atoms with Crippen LogP contribution in [0, 0.1) is 15.9 Å². The number of hydrogen-bond acceptors (Lipinski definition) is 4. The molecule has 3 aromatic carbocycles. The van der Waals surface area contributed by atoms with Gasteiger partial charge in [0.2, 0.25) is 0 Å². The summed E-state index contributed by atoms with van der Waals surface area (Å²) in [4.78, 5) is 10.2. The van der Waals surface area contributed by atoms with Crippen LogP contribution in [-0.4, -0.2) is 4.92 Å². The quantitative estimate of drug-likeness (QED) is 0.425. The summed E-state index contributed by atoms with van der Waals surface area (Å²) < 4.78 is 19.2. The average Bonchev–Trinajstić information content (AvgIpc) is 2.67. The van der Waals surface area contributed by atoms with Crippen LogP contribution in [0.4, 0.5) is 15.8 Å². The van der Waals surface area contributed by atoms with Crippen LogP contribution in [-0.2, 0) is 13.2 Å². The lowest BCUT2D eigenvalue weighted by Crippen LogP contribution is -2.01. The van der Waals surface area contributed by atoms with Gasteiger partial charge in [0.15, 0.2) is 0 Å². The van der Waals surface area contributed by atoms with Gasteiger partial charge in [-0.2, -0.15) is 0 Å². The molecule has 0 heterocycles. The van der Waals surface area contributed by atoms with Gasteiger partial charge in [0.25, 0.3) is 5.69 Å². The Hall–Kier alpha value is -3.12. The van der Waals surface area contributed by atoms with E-state index >= 15 is 0 Å². The van der Waals surface area contributed by atoms with E-state index in [0.29, 0.717) is 22.9 Å². The second-order valence-electron chi connectivity index (χ2n) is 5.80. The summed E-state index contributed by atoms with van der Waals surface area (Å²) in [6.07, 6.45) is 0. The first-order valence-corrected chi connectivity index (χ1v) is 8.53. The first-order valence-electron chi connectivity index (χ1n) is 8.16. The van der Waals surface area contributed by atoms with Crippen molar-refractivity contribution >= 4 is 23.0 Å². The maximum Gasteiger partial charge on any atom is 0.269 e. The standard InChI is InChI=1S/C20H16ClFN2O3/c21-18-11-14(12-23-16-6-8-17(9-7-16)24(25)26)5-10-20(18)27-13-15-3-1-2-4-19(15)22/h1-11,23H,12-13H2. The number of non-ortho nitro benzene ring substituents is 1. The van der Waals surface area contributed by atoms with Gasteiger partial charge < -0.3 is 10.1 Å². The van der Waals surface area contributed by atoms with Crippen LogP contribution < -0.4 is 10.1 Å². The number of hydrogen-bond donors (Lipinski definition) is 1. The lowest BCUT2D eigenvalue weighted by atomic mass is 10.2. The van der Waals surface area contributed by atoms with Crippen molar-refractivity contribution in [2.45, 2.75) is 13.2 Å². The molecule has 3 rings (SSSR count). The van der Waals surface area contributed by atoms with Crippen LogP contribution in [0.2, 0.25) is 5.02 Å². The Balaban J connectivity index is 1.59. The Bertz CT molecular complexity index is 948. The van der Waals surface area contributed by atoms with Crippen molar-refractivity contribution in [1.29, 1.82) is 0 Å². The number of nitro benzene ring substituents is 1. The fourth-order valence-electron chi connectivity index (χ4n) is 2.45. The van der Waals surface area contributed by atoms with Crippen molar-refractivity contribution in [2.75, 3.05) is 5.32 Å². The zero-order chi connectivity index (χ0) is 19.2. The largest absolute Gasteiger partial charge is 0.487 e. The van der Waals surface area contributed by atoms with E-state index in [4.69, 9.17) is 16.3 Å². The Labute approximate surface area is 160 Å². The normalized spacial score (nSPS) is 10.4. The molecular weight excluding hydrogens is 371 g/mol. The molecule has 0 bridgehead atoms. The zero-order valence-corrected chi connectivity index (χ0v) is 14.9. The molecule has 27 heavy (non-hydrogen) atoms. The molecule has 0 aliphatic rings. The molecule has 138 valence electrons. The molecule has 0 radical (unpaired) electrons. The van der Waals surface area contributed by atoms with Crippen molar-refractivity contribution in [1.82, 2.24) is 0 Å². The maximum absolute atomic E-state index is 13.6. The minimum absolute atomic E-state index is 0.0416. The van der Waals surface area contributed by atoms with Crippen molar-refractivity contribution in [3.05, 3.63) is 98.8 Å². The molecule has 0 aromatic heterocycles. The van der Waals surface area contributed by atoms with Gasteiger partial charge in [-0.3, -0.25) is 10.1 Å². The lowest BCUT2D eigenvalue weighted by Gasteiger charge is -2.11. The summed E-state index contributed by atoms with van der Waals surface area (Å²) in [5.74, 6) is 0.150. The fraction of sp³-hybridized carbons (Fsp3) is 0.100. The monoisotopic (exact) mass is 386 g/mol. The Morgan fingerprint density at radius 3 is 2.48 bits per heavy atom. The average molecular weight is 387 g/mol. The highest BCUT2D eigenvalue weighted by atomic mass is 35.5. The van der Waals surface area contributed by atoms with E-state index in [9.17, 15) is 14.5 Å². The predicted molar refractivity (Wildman–Crippen MR) is 103 cm³/mol. The van der Waals surface area contributed by atoms with Crippen molar-refractivity contribution in [2.24, 2.45) is 0 Å². The predicted octanol–water partition coefficient (Wildman–Crippen LogP) is 5.58. The van der Waals surface area contributed by atoms with Crippen LogP contribution in [0.3, 0.4) is 0 Å². The lowest BCUT2D eigenvalue weighted by molar-refractivity contribution is -0.384. The summed E-state index contributed by atoms with van der Waals surface area (Å²) in [6.45, 7) is 0.581. The third-order valence-corrected chi connectivity index (χ3v) is 4.21. The Morgan fingerprint density at radius 1 is 1.07 bits per heavy atom. The van der Waals surface area contributed by atoms with Gasteiger partial charge in [-0.25, -0.2) is 4.39 Å². The molecule has 0 spiro atoms. The smallest absolute Gasteiger partial charge is 0.269 e. The molecule has 0 aliphatic heterocycles. The third-order valence-electron chi connectivity index (χ3n) is 3.91. The molecule has 0 saturated carbocycles. The molecule has 1 N–H and O–H groups in total. The summed E-state index contributed by atoms with van der Waals surface area (Å²) in [5, 5.41) is 14.3. The van der Waals surface area contributed by atoms with Gasteiger partial charge >= 0.3 is 0 Å². The SMILES string of the molecule is O=[N+]([O-])c1ccc(NCc2ccc(OCc3ccccc3F)c(Cl)c2)cc1. The topological polar surface area (TPSA) is 64.4 Å². The zero-order valence-electron chi connectivity index (χ0n) is 14.2.